The van der Waals surface area contributed by atoms with Crippen LogP contribution in [0.15, 0.2) is 65.7 Å². The SMILES string of the molecule is O=C1C(=O)N(c2nccs2)[C@@H](c2ccccc2)/C1=C(\O)c1ccc2c(c1)OCCO2. The summed E-state index contributed by atoms with van der Waals surface area (Å²) < 4.78 is 11.1. The Balaban J connectivity index is 1.68. The Morgan fingerprint density at radius 3 is 2.57 bits per heavy atom. The van der Waals surface area contributed by atoms with Crippen molar-refractivity contribution in [2.75, 3.05) is 18.1 Å². The van der Waals surface area contributed by atoms with Crippen molar-refractivity contribution in [3.63, 3.8) is 0 Å². The molecule has 1 aromatic heterocycles. The third-order valence-electron chi connectivity index (χ3n) is 5.00. The predicted molar refractivity (Wildman–Crippen MR) is 111 cm³/mol. The van der Waals surface area contributed by atoms with Gasteiger partial charge in [-0.1, -0.05) is 30.3 Å². The molecule has 0 spiro atoms. The monoisotopic (exact) mass is 420 g/mol. The third kappa shape index (κ3) is 2.93. The summed E-state index contributed by atoms with van der Waals surface area (Å²) in [4.78, 5) is 31.5. The van der Waals surface area contributed by atoms with Crippen LogP contribution in [0.2, 0.25) is 0 Å². The lowest BCUT2D eigenvalue weighted by atomic mass is 9.95. The first-order valence-corrected chi connectivity index (χ1v) is 10.2. The van der Waals surface area contributed by atoms with Crippen LogP contribution in [0.25, 0.3) is 5.76 Å². The van der Waals surface area contributed by atoms with E-state index in [2.05, 4.69) is 4.98 Å². The van der Waals surface area contributed by atoms with Crippen LogP contribution in [0.5, 0.6) is 11.5 Å². The topological polar surface area (TPSA) is 89.0 Å². The van der Waals surface area contributed by atoms with Crippen LogP contribution >= 0.6 is 11.3 Å². The fraction of sp³-hybridized carbons (Fsp3) is 0.136. The van der Waals surface area contributed by atoms with Crippen molar-refractivity contribution in [1.29, 1.82) is 0 Å². The summed E-state index contributed by atoms with van der Waals surface area (Å²) in [7, 11) is 0. The third-order valence-corrected chi connectivity index (χ3v) is 5.77. The number of aromatic nitrogens is 1. The molecule has 0 aliphatic carbocycles. The Hall–Kier alpha value is -3.65. The van der Waals surface area contributed by atoms with Gasteiger partial charge in [-0.15, -0.1) is 11.3 Å². The molecular weight excluding hydrogens is 404 g/mol. The summed E-state index contributed by atoms with van der Waals surface area (Å²) in [6.45, 7) is 0.848. The van der Waals surface area contributed by atoms with Crippen molar-refractivity contribution in [2.24, 2.45) is 0 Å². The van der Waals surface area contributed by atoms with Crippen molar-refractivity contribution in [2.45, 2.75) is 6.04 Å². The molecule has 1 atom stereocenters. The number of rotatable bonds is 3. The molecule has 5 rings (SSSR count). The van der Waals surface area contributed by atoms with Crippen LogP contribution in [-0.4, -0.2) is 35.0 Å². The maximum atomic E-state index is 13.0. The number of carbonyl (C=O) groups excluding carboxylic acids is 2. The summed E-state index contributed by atoms with van der Waals surface area (Å²) in [6, 6.07) is 13.3. The van der Waals surface area contributed by atoms with Gasteiger partial charge in [0.05, 0.1) is 11.6 Å². The molecule has 150 valence electrons. The van der Waals surface area contributed by atoms with E-state index in [1.54, 1.807) is 29.8 Å². The number of nitrogens with zero attached hydrogens (tertiary/aromatic N) is 2. The van der Waals surface area contributed by atoms with Gasteiger partial charge < -0.3 is 14.6 Å². The van der Waals surface area contributed by atoms with Gasteiger partial charge in [-0.25, -0.2) is 4.98 Å². The number of thiazole rings is 1. The molecule has 0 unspecified atom stereocenters. The molecule has 1 saturated heterocycles. The summed E-state index contributed by atoms with van der Waals surface area (Å²) in [5.41, 5.74) is 1.08. The minimum Gasteiger partial charge on any atom is -0.507 e. The van der Waals surface area contributed by atoms with E-state index in [1.165, 1.54) is 16.2 Å². The number of aliphatic hydroxyl groups excluding tert-OH is 1. The number of benzene rings is 2. The van der Waals surface area contributed by atoms with Gasteiger partial charge in [0, 0.05) is 17.1 Å². The number of ether oxygens (including phenoxy) is 2. The zero-order valence-corrected chi connectivity index (χ0v) is 16.5. The number of anilines is 1. The van der Waals surface area contributed by atoms with Crippen LogP contribution in [0.3, 0.4) is 0 Å². The predicted octanol–water partition coefficient (Wildman–Crippen LogP) is 3.54. The molecule has 1 fully saturated rings. The number of amides is 1. The highest BCUT2D eigenvalue weighted by atomic mass is 32.1. The number of carbonyl (C=O) groups is 2. The zero-order valence-electron chi connectivity index (χ0n) is 15.6. The maximum Gasteiger partial charge on any atom is 0.301 e. The van der Waals surface area contributed by atoms with Crippen molar-refractivity contribution >= 4 is 33.9 Å². The fourth-order valence-corrected chi connectivity index (χ4v) is 4.33. The lowest BCUT2D eigenvalue weighted by molar-refractivity contribution is -0.132. The highest BCUT2D eigenvalue weighted by Gasteiger charge is 2.47. The first-order valence-electron chi connectivity index (χ1n) is 9.30. The Morgan fingerprint density at radius 2 is 1.83 bits per heavy atom. The second-order valence-electron chi connectivity index (χ2n) is 6.75. The first-order chi connectivity index (χ1) is 14.6. The van der Waals surface area contributed by atoms with Gasteiger partial charge in [0.2, 0.25) is 0 Å². The van der Waals surface area contributed by atoms with Crippen LogP contribution in [0, 0.1) is 0 Å². The molecule has 2 aromatic carbocycles. The van der Waals surface area contributed by atoms with Gasteiger partial charge in [0.25, 0.3) is 5.78 Å². The Bertz CT molecular complexity index is 1160. The minimum atomic E-state index is -0.787. The van der Waals surface area contributed by atoms with Crippen LogP contribution in [-0.2, 0) is 9.59 Å². The van der Waals surface area contributed by atoms with Crippen LogP contribution in [0.4, 0.5) is 5.13 Å². The smallest absolute Gasteiger partial charge is 0.301 e. The molecular formula is C22H16N2O5S. The molecule has 0 radical (unpaired) electrons. The van der Waals surface area contributed by atoms with Crippen molar-refractivity contribution in [1.82, 2.24) is 4.98 Å². The molecule has 2 aliphatic rings. The molecule has 0 bridgehead atoms. The van der Waals surface area contributed by atoms with E-state index < -0.39 is 17.7 Å². The van der Waals surface area contributed by atoms with Gasteiger partial charge in [0.1, 0.15) is 19.0 Å². The van der Waals surface area contributed by atoms with E-state index in [-0.39, 0.29) is 11.3 Å². The fourth-order valence-electron chi connectivity index (χ4n) is 3.66. The second-order valence-corrected chi connectivity index (χ2v) is 7.63. The molecule has 8 heteroatoms. The first kappa shape index (κ1) is 18.4. The summed E-state index contributed by atoms with van der Waals surface area (Å²) >= 11 is 1.25. The Morgan fingerprint density at radius 1 is 1.07 bits per heavy atom. The van der Waals surface area contributed by atoms with E-state index in [4.69, 9.17) is 9.47 Å². The Labute approximate surface area is 175 Å². The molecule has 30 heavy (non-hydrogen) atoms. The largest absolute Gasteiger partial charge is 0.507 e. The van der Waals surface area contributed by atoms with Crippen molar-refractivity contribution in [3.05, 3.63) is 76.8 Å². The lowest BCUT2D eigenvalue weighted by Gasteiger charge is -2.23. The number of aliphatic hydroxyl groups is 1. The standard InChI is InChI=1S/C22H16N2O5S/c25-19(14-6-7-15-16(12-14)29-10-9-28-15)17-18(13-4-2-1-3-5-13)24(21(27)20(17)26)22-23-8-11-30-22/h1-8,11-12,18,25H,9-10H2/b19-17+/t18-/m0/s1. The number of Topliss-reactive ketones (excluding diaryl/α,β-unsaturated/α-hetero) is 1. The maximum absolute atomic E-state index is 13.0. The number of fused-ring (bicyclic) bond motifs is 1. The molecule has 3 heterocycles. The number of hydrogen-bond donors (Lipinski definition) is 1. The highest BCUT2D eigenvalue weighted by Crippen LogP contribution is 2.43. The average molecular weight is 420 g/mol. The van der Waals surface area contributed by atoms with Crippen LogP contribution < -0.4 is 14.4 Å². The van der Waals surface area contributed by atoms with Gasteiger partial charge in [0.15, 0.2) is 16.6 Å². The van der Waals surface area contributed by atoms with Gasteiger partial charge >= 0.3 is 5.91 Å². The molecule has 1 amide bonds. The summed E-state index contributed by atoms with van der Waals surface area (Å²) in [5.74, 6) is -0.695. The van der Waals surface area contributed by atoms with Crippen molar-refractivity contribution < 1.29 is 24.2 Å². The van der Waals surface area contributed by atoms with E-state index in [9.17, 15) is 14.7 Å². The minimum absolute atomic E-state index is 0.0121. The highest BCUT2D eigenvalue weighted by molar-refractivity contribution is 7.14. The number of hydrogen-bond acceptors (Lipinski definition) is 7. The molecule has 7 nitrogen and oxygen atoms in total. The van der Waals surface area contributed by atoms with Gasteiger partial charge in [-0.2, -0.15) is 0 Å². The normalized spacial score (nSPS) is 19.9. The second kappa shape index (κ2) is 7.31. The Kier molecular flexibility index (Phi) is 4.48. The lowest BCUT2D eigenvalue weighted by Crippen LogP contribution is -2.29. The summed E-state index contributed by atoms with van der Waals surface area (Å²) in [6.07, 6.45) is 1.57. The molecule has 3 aromatic rings. The molecule has 0 saturated carbocycles. The number of ketones is 1. The van der Waals surface area contributed by atoms with E-state index >= 15 is 0 Å². The van der Waals surface area contributed by atoms with E-state index in [0.717, 1.165) is 0 Å². The van der Waals surface area contributed by atoms with Crippen molar-refractivity contribution in [3.8, 4) is 11.5 Å². The molecule has 2 aliphatic heterocycles. The molecule has 1 N–H and O–H groups in total. The van der Waals surface area contributed by atoms with Gasteiger partial charge in [-0.3, -0.25) is 14.5 Å². The average Bonchev–Trinajstić information content (AvgIpc) is 3.40. The zero-order chi connectivity index (χ0) is 20.7. The van der Waals surface area contributed by atoms with Crippen LogP contribution in [0.1, 0.15) is 17.2 Å². The van der Waals surface area contributed by atoms with Gasteiger partial charge in [-0.05, 0) is 23.8 Å². The summed E-state index contributed by atoms with van der Waals surface area (Å²) in [5, 5.41) is 13.3. The van der Waals surface area contributed by atoms with E-state index in [1.807, 2.05) is 30.3 Å². The quantitative estimate of drug-likeness (QED) is 0.396. The van der Waals surface area contributed by atoms with E-state index in [0.29, 0.717) is 41.0 Å².